The number of piperidine rings is 1. The first-order chi connectivity index (χ1) is 17.3. The van der Waals surface area contributed by atoms with Gasteiger partial charge in [0.1, 0.15) is 5.75 Å². The molecule has 4 rings (SSSR count). The van der Waals surface area contributed by atoms with Crippen LogP contribution >= 0.6 is 0 Å². The molecule has 2 heterocycles. The van der Waals surface area contributed by atoms with Crippen LogP contribution in [0.3, 0.4) is 0 Å². The Morgan fingerprint density at radius 3 is 2.58 bits per heavy atom. The summed E-state index contributed by atoms with van der Waals surface area (Å²) in [4.78, 5) is 41.8. The Kier molecular flexibility index (Phi) is 7.49. The van der Waals surface area contributed by atoms with E-state index in [1.165, 1.54) is 6.07 Å². The molecule has 11 heteroatoms. The lowest BCUT2D eigenvalue weighted by Crippen LogP contribution is -2.51. The number of likely N-dealkylation sites (tertiary alicyclic amines) is 1. The number of hydrogen-bond donors (Lipinski definition) is 5. The van der Waals surface area contributed by atoms with Crippen molar-refractivity contribution in [3.8, 4) is 5.75 Å². The summed E-state index contributed by atoms with van der Waals surface area (Å²) in [6, 6.07) is 8.76. The van der Waals surface area contributed by atoms with Crippen LogP contribution in [0, 0.1) is 6.92 Å². The van der Waals surface area contributed by atoms with Crippen molar-refractivity contribution in [1.82, 2.24) is 15.1 Å². The molecule has 192 valence electrons. The van der Waals surface area contributed by atoms with Crippen LogP contribution in [-0.4, -0.2) is 67.0 Å². The topological polar surface area (TPSA) is 155 Å². The summed E-state index contributed by atoms with van der Waals surface area (Å²) in [6.07, 6.45) is 2.08. The molecular weight excluding hydrogens is 462 g/mol. The molecule has 2 aliphatic heterocycles. The summed E-state index contributed by atoms with van der Waals surface area (Å²) >= 11 is 0. The predicted octanol–water partition coefficient (Wildman–Crippen LogP) is 1.68. The highest BCUT2D eigenvalue weighted by Gasteiger charge is 2.31. The third-order valence-corrected chi connectivity index (χ3v) is 6.87. The number of ether oxygens (including phenoxy) is 1. The van der Waals surface area contributed by atoms with Gasteiger partial charge in [0.25, 0.3) is 5.91 Å². The largest absolute Gasteiger partial charge is 0.497 e. The molecule has 0 unspecified atom stereocenters. The average Bonchev–Trinajstić information content (AvgIpc) is 3.04. The van der Waals surface area contributed by atoms with Crippen molar-refractivity contribution in [1.29, 1.82) is 0 Å². The molecule has 4 amide bonds. The number of anilines is 3. The Hall–Kier alpha value is -3.99. The average molecular weight is 496 g/mol. The number of nitrogen functional groups attached to an aromatic ring is 2. The maximum atomic E-state index is 12.9. The number of rotatable bonds is 6. The van der Waals surface area contributed by atoms with Crippen LogP contribution in [0.5, 0.6) is 5.75 Å². The van der Waals surface area contributed by atoms with Gasteiger partial charge in [-0.1, -0.05) is 0 Å². The van der Waals surface area contributed by atoms with E-state index in [0.29, 0.717) is 49.4 Å². The predicted molar refractivity (Wildman–Crippen MR) is 138 cm³/mol. The first-order valence-electron chi connectivity index (χ1n) is 12.0. The third-order valence-electron chi connectivity index (χ3n) is 6.87. The van der Waals surface area contributed by atoms with Crippen molar-refractivity contribution >= 4 is 34.9 Å². The zero-order valence-electron chi connectivity index (χ0n) is 20.6. The van der Waals surface area contributed by atoms with Crippen molar-refractivity contribution in [3.63, 3.8) is 0 Å². The fourth-order valence-electron chi connectivity index (χ4n) is 4.84. The summed E-state index contributed by atoms with van der Waals surface area (Å²) in [5.41, 5.74) is 12.3. The van der Waals surface area contributed by atoms with E-state index in [-0.39, 0.29) is 30.4 Å². The summed E-state index contributed by atoms with van der Waals surface area (Å²) in [5, 5.41) is 5.68. The molecule has 2 aromatic rings. The number of urea groups is 1. The van der Waals surface area contributed by atoms with Crippen LogP contribution in [0.1, 0.15) is 34.3 Å². The lowest BCUT2D eigenvalue weighted by atomic mass is 10.0. The number of hydrogen-bond acceptors (Lipinski definition) is 7. The van der Waals surface area contributed by atoms with E-state index in [1.54, 1.807) is 25.0 Å². The number of nitrogens with zero attached hydrogens (tertiary/aromatic N) is 2. The lowest BCUT2D eigenvalue weighted by molar-refractivity contribution is -0.131. The monoisotopic (exact) mass is 495 g/mol. The maximum Gasteiger partial charge on any atom is 0.322 e. The smallest absolute Gasteiger partial charge is 0.322 e. The van der Waals surface area contributed by atoms with Crippen molar-refractivity contribution in [2.75, 3.05) is 49.8 Å². The Balaban J connectivity index is 1.28. The van der Waals surface area contributed by atoms with Gasteiger partial charge in [0.05, 0.1) is 25.0 Å². The van der Waals surface area contributed by atoms with E-state index in [2.05, 4.69) is 16.1 Å². The molecule has 1 fully saturated rings. The molecule has 0 radical (unpaired) electrons. The molecule has 2 aliphatic rings. The summed E-state index contributed by atoms with van der Waals surface area (Å²) in [7, 11) is 1.62. The minimum atomic E-state index is -0.381. The highest BCUT2D eigenvalue weighted by atomic mass is 16.5. The van der Waals surface area contributed by atoms with E-state index in [0.717, 1.165) is 29.0 Å². The van der Waals surface area contributed by atoms with Crippen molar-refractivity contribution < 1.29 is 19.1 Å². The molecule has 7 N–H and O–H groups in total. The summed E-state index contributed by atoms with van der Waals surface area (Å²) in [5.74, 6) is 5.67. The summed E-state index contributed by atoms with van der Waals surface area (Å²) in [6.45, 7) is 3.32. The Bertz CT molecular complexity index is 1140. The van der Waals surface area contributed by atoms with E-state index >= 15 is 0 Å². The molecule has 36 heavy (non-hydrogen) atoms. The van der Waals surface area contributed by atoms with Gasteiger partial charge in [0.2, 0.25) is 5.91 Å². The fraction of sp³-hybridized carbons (Fsp3) is 0.400. The lowest BCUT2D eigenvalue weighted by Gasteiger charge is -2.38. The van der Waals surface area contributed by atoms with Gasteiger partial charge in [-0.3, -0.25) is 15.4 Å². The zero-order chi connectivity index (χ0) is 25.8. The van der Waals surface area contributed by atoms with Gasteiger partial charge in [-0.15, -0.1) is 0 Å². The second-order valence-corrected chi connectivity index (χ2v) is 9.09. The minimum Gasteiger partial charge on any atom is -0.497 e. The number of methoxy groups -OCH3 is 1. The number of nitrogens with one attached hydrogen (secondary N) is 3. The van der Waals surface area contributed by atoms with Crippen LogP contribution in [0.4, 0.5) is 21.9 Å². The Labute approximate surface area is 210 Å². The number of carbonyl (C=O) groups excluding carboxylic acids is 3. The van der Waals surface area contributed by atoms with Gasteiger partial charge in [0, 0.05) is 36.9 Å². The highest BCUT2D eigenvalue weighted by Crippen LogP contribution is 2.28. The highest BCUT2D eigenvalue weighted by molar-refractivity contribution is 5.98. The first kappa shape index (κ1) is 25.1. The maximum absolute atomic E-state index is 12.9. The molecule has 0 bridgehead atoms. The van der Waals surface area contributed by atoms with Crippen LogP contribution < -0.4 is 32.4 Å². The van der Waals surface area contributed by atoms with Crippen molar-refractivity contribution in [3.05, 3.63) is 47.0 Å². The van der Waals surface area contributed by atoms with E-state index < -0.39 is 0 Å². The second kappa shape index (κ2) is 10.7. The molecule has 0 spiro atoms. The molecule has 0 aromatic heterocycles. The number of fused-ring (bicyclic) bond motifs is 1. The Morgan fingerprint density at radius 1 is 1.17 bits per heavy atom. The van der Waals surface area contributed by atoms with E-state index in [9.17, 15) is 14.4 Å². The van der Waals surface area contributed by atoms with Crippen LogP contribution in [0.15, 0.2) is 30.3 Å². The molecule has 0 aliphatic carbocycles. The fourth-order valence-corrected chi connectivity index (χ4v) is 4.84. The third kappa shape index (κ3) is 5.30. The number of carbonyl (C=O) groups is 3. The molecular formula is C25H33N7O4. The normalized spacial score (nSPS) is 16.0. The van der Waals surface area contributed by atoms with E-state index in [1.807, 2.05) is 23.1 Å². The van der Waals surface area contributed by atoms with Gasteiger partial charge in [0.15, 0.2) is 0 Å². The second-order valence-electron chi connectivity index (χ2n) is 9.09. The molecule has 2 aromatic carbocycles. The number of aryl methyl sites for hydroxylation is 1. The van der Waals surface area contributed by atoms with Crippen LogP contribution in [-0.2, 0) is 11.2 Å². The van der Waals surface area contributed by atoms with Gasteiger partial charge >= 0.3 is 6.03 Å². The number of nitrogens with two attached hydrogens (primary N) is 2. The number of benzene rings is 2. The van der Waals surface area contributed by atoms with Gasteiger partial charge in [-0.2, -0.15) is 0 Å². The van der Waals surface area contributed by atoms with Crippen LogP contribution in [0.25, 0.3) is 0 Å². The van der Waals surface area contributed by atoms with Gasteiger partial charge < -0.3 is 36.3 Å². The molecule has 0 atom stereocenters. The standard InChI is InChI=1S/C25H33N7O4/c1-15-11-17(13-20(26)23(15)30-27)24(34)28-14-22(33)31-8-6-18(7-9-31)32-10-5-16-12-19(36-2)3-4-21(16)29-25(32)35/h3-4,11-13,18,30H,5-10,14,26-27H2,1-2H3,(H,28,34)(H,29,35). The number of hydrazine groups is 1. The molecule has 11 nitrogen and oxygen atoms in total. The van der Waals surface area contributed by atoms with Crippen molar-refractivity contribution in [2.45, 2.75) is 32.2 Å². The number of amides is 4. The minimum absolute atomic E-state index is 0.0421. The SMILES string of the molecule is COc1ccc2c(c1)CCN(C1CCN(C(=O)CNC(=O)c3cc(C)c(NN)c(N)c3)CC1)C(=O)N2. The zero-order valence-corrected chi connectivity index (χ0v) is 20.6. The quantitative estimate of drug-likeness (QED) is 0.232. The van der Waals surface area contributed by atoms with Gasteiger partial charge in [-0.25, -0.2) is 4.79 Å². The molecule has 1 saturated heterocycles. The molecule has 0 saturated carbocycles. The van der Waals surface area contributed by atoms with Gasteiger partial charge in [-0.05, 0) is 67.6 Å². The van der Waals surface area contributed by atoms with Crippen LogP contribution in [0.2, 0.25) is 0 Å². The van der Waals surface area contributed by atoms with E-state index in [4.69, 9.17) is 16.3 Å². The Morgan fingerprint density at radius 2 is 1.92 bits per heavy atom. The summed E-state index contributed by atoms with van der Waals surface area (Å²) < 4.78 is 5.30. The first-order valence-corrected chi connectivity index (χ1v) is 12.0. The van der Waals surface area contributed by atoms with Crippen molar-refractivity contribution in [2.24, 2.45) is 5.84 Å².